The van der Waals surface area contributed by atoms with Crippen molar-refractivity contribution in [3.63, 3.8) is 0 Å². The molecule has 0 saturated carbocycles. The Hall–Kier alpha value is -3.35. The van der Waals surface area contributed by atoms with E-state index in [9.17, 15) is 17.2 Å². The van der Waals surface area contributed by atoms with Gasteiger partial charge in [0, 0.05) is 69.2 Å². The van der Waals surface area contributed by atoms with E-state index in [4.69, 9.17) is 14.7 Å². The summed E-state index contributed by atoms with van der Waals surface area (Å²) in [5, 5.41) is 3.24. The van der Waals surface area contributed by atoms with Gasteiger partial charge in [0.25, 0.3) is 0 Å². The molecule has 0 aliphatic carbocycles. The van der Waals surface area contributed by atoms with Crippen LogP contribution >= 0.6 is 0 Å². The molecule has 2 saturated heterocycles. The molecule has 3 aromatic rings. The van der Waals surface area contributed by atoms with Crippen molar-refractivity contribution in [1.82, 2.24) is 14.3 Å². The van der Waals surface area contributed by atoms with Gasteiger partial charge in [0.1, 0.15) is 23.2 Å². The second-order valence-corrected chi connectivity index (χ2v) is 14.3. The molecule has 3 aliphatic heterocycles. The number of methoxy groups -OCH3 is 1. The first-order valence-electron chi connectivity index (χ1n) is 15.5. The van der Waals surface area contributed by atoms with Crippen LogP contribution in [0.15, 0.2) is 47.4 Å². The van der Waals surface area contributed by atoms with Gasteiger partial charge in [0.2, 0.25) is 16.0 Å². The molecule has 1 N–H and O–H groups in total. The van der Waals surface area contributed by atoms with Gasteiger partial charge in [-0.2, -0.15) is 9.29 Å². The van der Waals surface area contributed by atoms with Crippen molar-refractivity contribution in [3.8, 4) is 5.75 Å². The average Bonchev–Trinajstić information content (AvgIpc) is 3.04. The second kappa shape index (κ2) is 12.6. The van der Waals surface area contributed by atoms with Gasteiger partial charge in [-0.3, -0.25) is 0 Å². The highest BCUT2D eigenvalue weighted by atomic mass is 32.2. The number of hydrogen-bond donors (Lipinski definition) is 1. The number of nitrogens with zero attached hydrogens (tertiary/aromatic N) is 5. The molecular formula is C32H41F2N6O3S+. The smallest absolute Gasteiger partial charge is 0.243 e. The summed E-state index contributed by atoms with van der Waals surface area (Å²) >= 11 is 0. The Bertz CT molecular complexity index is 1590. The molecule has 0 radical (unpaired) electrons. The van der Waals surface area contributed by atoms with Crippen molar-refractivity contribution >= 4 is 21.8 Å². The molecule has 2 aromatic carbocycles. The van der Waals surface area contributed by atoms with Crippen LogP contribution in [0, 0.1) is 11.6 Å². The van der Waals surface area contributed by atoms with Gasteiger partial charge in [-0.15, -0.1) is 0 Å². The third-order valence-corrected chi connectivity index (χ3v) is 11.5. The van der Waals surface area contributed by atoms with Crippen molar-refractivity contribution in [2.45, 2.75) is 62.6 Å². The minimum atomic E-state index is -3.80. The first-order valence-corrected chi connectivity index (χ1v) is 16.9. The molecule has 0 bridgehead atoms. The molecule has 0 amide bonds. The summed E-state index contributed by atoms with van der Waals surface area (Å²) in [6, 6.07) is 10.4. The third-order valence-electron chi connectivity index (χ3n) is 9.64. The number of nitrogens with one attached hydrogen (secondary N) is 1. The number of anilines is 2. The van der Waals surface area contributed by atoms with E-state index in [-0.39, 0.29) is 30.1 Å². The highest BCUT2D eigenvalue weighted by molar-refractivity contribution is 7.89. The van der Waals surface area contributed by atoms with Crippen LogP contribution in [0.25, 0.3) is 0 Å². The van der Waals surface area contributed by atoms with Crippen molar-refractivity contribution in [2.75, 3.05) is 57.1 Å². The van der Waals surface area contributed by atoms with Crippen molar-refractivity contribution in [1.29, 1.82) is 0 Å². The van der Waals surface area contributed by atoms with Crippen LogP contribution in [0.5, 0.6) is 5.75 Å². The number of sulfonamides is 1. The molecule has 44 heavy (non-hydrogen) atoms. The van der Waals surface area contributed by atoms with Gasteiger partial charge in [0.05, 0.1) is 43.9 Å². The predicted molar refractivity (Wildman–Crippen MR) is 165 cm³/mol. The number of benzene rings is 2. The number of ether oxygens (including phenoxy) is 1. The molecular weight excluding hydrogens is 586 g/mol. The SMILES string of the molecule is COc1ccc(S(=O)(=O)N2CCc3nc(N4CCC([N+]5(C)CCCCC5)CC4)nc(NCc4ccc(F)cc4F)c3C2)cc1. The topological polar surface area (TPSA) is 87.7 Å². The first-order chi connectivity index (χ1) is 21.2. The number of likely N-dealkylation sites (tertiary alicyclic amines) is 1. The van der Waals surface area contributed by atoms with Crippen LogP contribution in [0.4, 0.5) is 20.5 Å². The van der Waals surface area contributed by atoms with E-state index < -0.39 is 21.7 Å². The molecule has 236 valence electrons. The second-order valence-electron chi connectivity index (χ2n) is 12.4. The largest absolute Gasteiger partial charge is 0.497 e. The minimum absolute atomic E-state index is 0.0676. The quantitative estimate of drug-likeness (QED) is 0.362. The standard InChI is InChI=1S/C32H41F2N6O3S/c1-40(18-4-3-5-19-40)25-12-15-38(16-13-25)32-36-30-14-17-39(44(41,42)27-10-8-26(43-2)9-11-27)22-28(30)31(37-32)35-21-23-6-7-24(33)20-29(23)34/h6-11,20,25H,3-5,12-19,21-22H2,1-2H3,(H,35,36,37)/q+1. The van der Waals surface area contributed by atoms with Gasteiger partial charge < -0.3 is 19.4 Å². The number of piperidine rings is 2. The first kappa shape index (κ1) is 30.7. The number of fused-ring (bicyclic) bond motifs is 1. The molecule has 4 heterocycles. The van der Waals surface area contributed by atoms with Gasteiger partial charge in [0.15, 0.2) is 0 Å². The van der Waals surface area contributed by atoms with Gasteiger partial charge in [-0.25, -0.2) is 22.2 Å². The molecule has 0 spiro atoms. The van der Waals surface area contributed by atoms with E-state index in [0.717, 1.165) is 42.2 Å². The Kier molecular flexibility index (Phi) is 8.76. The fourth-order valence-electron chi connectivity index (χ4n) is 6.90. The normalized spacial score (nSPS) is 19.4. The van der Waals surface area contributed by atoms with E-state index in [1.165, 1.54) is 68.0 Å². The maximum absolute atomic E-state index is 14.5. The van der Waals surface area contributed by atoms with E-state index >= 15 is 0 Å². The zero-order valence-electron chi connectivity index (χ0n) is 25.4. The third kappa shape index (κ3) is 6.25. The fraction of sp³-hybridized carbons (Fsp3) is 0.500. The molecule has 1 aromatic heterocycles. The van der Waals surface area contributed by atoms with Crippen molar-refractivity contribution in [2.24, 2.45) is 0 Å². The Morgan fingerprint density at radius 2 is 1.73 bits per heavy atom. The minimum Gasteiger partial charge on any atom is -0.497 e. The molecule has 3 aliphatic rings. The van der Waals surface area contributed by atoms with E-state index in [0.29, 0.717) is 35.5 Å². The zero-order chi connectivity index (χ0) is 30.9. The highest BCUT2D eigenvalue weighted by Gasteiger charge is 2.38. The van der Waals surface area contributed by atoms with Gasteiger partial charge in [-0.05, 0) is 49.6 Å². The van der Waals surface area contributed by atoms with E-state index in [2.05, 4.69) is 17.3 Å². The van der Waals surface area contributed by atoms with Crippen molar-refractivity contribution < 1.29 is 26.4 Å². The maximum atomic E-state index is 14.5. The number of rotatable bonds is 8. The summed E-state index contributed by atoms with van der Waals surface area (Å²) < 4.78 is 63.0. The Labute approximate surface area is 258 Å². The lowest BCUT2D eigenvalue weighted by atomic mass is 9.97. The molecule has 0 atom stereocenters. The van der Waals surface area contributed by atoms with Crippen LogP contribution in [0.1, 0.15) is 48.9 Å². The highest BCUT2D eigenvalue weighted by Crippen LogP contribution is 2.33. The summed E-state index contributed by atoms with van der Waals surface area (Å²) in [5.41, 5.74) is 1.74. The lowest BCUT2D eigenvalue weighted by molar-refractivity contribution is -0.938. The summed E-state index contributed by atoms with van der Waals surface area (Å²) in [6.45, 7) is 4.60. The van der Waals surface area contributed by atoms with Crippen molar-refractivity contribution in [3.05, 3.63) is 70.9 Å². The zero-order valence-corrected chi connectivity index (χ0v) is 26.3. The average molecular weight is 628 g/mol. The van der Waals surface area contributed by atoms with E-state index in [1.54, 1.807) is 12.1 Å². The Morgan fingerprint density at radius 1 is 1.00 bits per heavy atom. The monoisotopic (exact) mass is 627 g/mol. The Balaban J connectivity index is 1.26. The van der Waals surface area contributed by atoms with Crippen LogP contribution < -0.4 is 15.0 Å². The summed E-state index contributed by atoms with van der Waals surface area (Å²) in [4.78, 5) is 12.3. The van der Waals surface area contributed by atoms with Gasteiger partial charge in [-0.1, -0.05) is 6.07 Å². The summed E-state index contributed by atoms with van der Waals surface area (Å²) in [7, 11) is 0.134. The predicted octanol–water partition coefficient (Wildman–Crippen LogP) is 4.72. The summed E-state index contributed by atoms with van der Waals surface area (Å²) in [6.07, 6.45) is 6.46. The molecule has 2 fully saturated rings. The molecule has 0 unspecified atom stereocenters. The molecule has 12 heteroatoms. The van der Waals surface area contributed by atoms with E-state index in [1.807, 2.05) is 0 Å². The maximum Gasteiger partial charge on any atom is 0.243 e. The van der Waals surface area contributed by atoms with Crippen LogP contribution in [-0.4, -0.2) is 80.1 Å². The number of quaternary nitrogens is 1. The lowest BCUT2D eigenvalue weighted by Gasteiger charge is -2.47. The van der Waals surface area contributed by atoms with Crippen LogP contribution in [-0.2, 0) is 29.5 Å². The number of halogens is 2. The number of aromatic nitrogens is 2. The van der Waals surface area contributed by atoms with Crippen LogP contribution in [0.3, 0.4) is 0 Å². The molecule has 6 rings (SSSR count). The fourth-order valence-corrected chi connectivity index (χ4v) is 8.31. The summed E-state index contributed by atoms with van der Waals surface area (Å²) in [5.74, 6) is 0.360. The number of hydrogen-bond acceptors (Lipinski definition) is 7. The van der Waals surface area contributed by atoms with Crippen LogP contribution in [0.2, 0.25) is 0 Å². The van der Waals surface area contributed by atoms with Gasteiger partial charge >= 0.3 is 0 Å². The lowest BCUT2D eigenvalue weighted by Crippen LogP contribution is -2.58. The molecule has 9 nitrogen and oxygen atoms in total. The Morgan fingerprint density at radius 3 is 2.41 bits per heavy atom.